The first kappa shape index (κ1) is 14.9. The van der Waals surface area contributed by atoms with Crippen LogP contribution >= 0.6 is 11.8 Å². The number of thioether (sulfide) groups is 1. The van der Waals surface area contributed by atoms with Crippen LogP contribution in [0.4, 0.5) is 0 Å². The lowest BCUT2D eigenvalue weighted by molar-refractivity contribution is 0.235. The second kappa shape index (κ2) is 5.17. The highest BCUT2D eigenvalue weighted by Crippen LogP contribution is 2.51. The van der Waals surface area contributed by atoms with Gasteiger partial charge in [0.25, 0.3) is 0 Å². The van der Waals surface area contributed by atoms with E-state index >= 15 is 0 Å². The van der Waals surface area contributed by atoms with E-state index in [2.05, 4.69) is 26.8 Å². The molecule has 2 aromatic rings. The standard InChI is InChI=1S/C19H20O3S/c1-9-5-10(2)18-16(12(9)4)14-8-23-15-6-11(3)22-19(20)17(15)13(14)7-21-18/h5-6,13-14H,7-8H2,1-4H3. The second-order valence-electron chi connectivity index (χ2n) is 6.64. The van der Waals surface area contributed by atoms with Crippen molar-refractivity contribution in [2.75, 3.05) is 12.4 Å². The van der Waals surface area contributed by atoms with Crippen LogP contribution in [0.1, 0.15) is 45.4 Å². The van der Waals surface area contributed by atoms with Crippen molar-refractivity contribution >= 4 is 11.8 Å². The van der Waals surface area contributed by atoms with Gasteiger partial charge in [0.15, 0.2) is 0 Å². The van der Waals surface area contributed by atoms with Gasteiger partial charge in [-0.3, -0.25) is 0 Å². The Bertz CT molecular complexity index is 866. The van der Waals surface area contributed by atoms with Gasteiger partial charge in [-0.2, -0.15) is 0 Å². The maximum absolute atomic E-state index is 12.4. The van der Waals surface area contributed by atoms with E-state index in [1.54, 1.807) is 11.8 Å². The van der Waals surface area contributed by atoms with E-state index in [0.29, 0.717) is 18.3 Å². The van der Waals surface area contributed by atoms with Crippen molar-refractivity contribution in [3.05, 3.63) is 56.1 Å². The van der Waals surface area contributed by atoms with Gasteiger partial charge in [0.2, 0.25) is 0 Å². The average molecular weight is 328 g/mol. The van der Waals surface area contributed by atoms with E-state index in [1.807, 2.05) is 13.0 Å². The first-order chi connectivity index (χ1) is 11.0. The van der Waals surface area contributed by atoms with Crippen molar-refractivity contribution in [3.8, 4) is 5.75 Å². The van der Waals surface area contributed by atoms with Gasteiger partial charge in [0.1, 0.15) is 11.5 Å². The number of hydrogen-bond donors (Lipinski definition) is 0. The number of benzene rings is 1. The predicted molar refractivity (Wildman–Crippen MR) is 92.1 cm³/mol. The van der Waals surface area contributed by atoms with Crippen molar-refractivity contribution < 1.29 is 9.15 Å². The first-order valence-corrected chi connectivity index (χ1v) is 8.97. The molecule has 0 aliphatic carbocycles. The van der Waals surface area contributed by atoms with Crippen LogP contribution in [-0.2, 0) is 0 Å². The van der Waals surface area contributed by atoms with Gasteiger partial charge in [-0.05, 0) is 50.5 Å². The zero-order valence-electron chi connectivity index (χ0n) is 13.9. The Labute approximate surface area is 140 Å². The van der Waals surface area contributed by atoms with Crippen molar-refractivity contribution in [2.24, 2.45) is 0 Å². The maximum Gasteiger partial charge on any atom is 0.340 e. The number of aryl methyl sites for hydroxylation is 3. The Kier molecular flexibility index (Phi) is 3.34. The molecule has 0 bridgehead atoms. The van der Waals surface area contributed by atoms with Crippen LogP contribution in [0.15, 0.2) is 26.2 Å². The summed E-state index contributed by atoms with van der Waals surface area (Å²) in [5.74, 6) is 3.10. The summed E-state index contributed by atoms with van der Waals surface area (Å²) in [6.45, 7) is 8.80. The monoisotopic (exact) mass is 328 g/mol. The molecule has 1 aromatic heterocycles. The van der Waals surface area contributed by atoms with Crippen LogP contribution in [0.3, 0.4) is 0 Å². The summed E-state index contributed by atoms with van der Waals surface area (Å²) in [4.78, 5) is 13.5. The Hall–Kier alpha value is -1.68. The van der Waals surface area contributed by atoms with Gasteiger partial charge in [-0.1, -0.05) is 6.07 Å². The zero-order valence-corrected chi connectivity index (χ0v) is 14.7. The second-order valence-corrected chi connectivity index (χ2v) is 7.70. The third-order valence-corrected chi connectivity index (χ3v) is 6.33. The molecule has 3 nitrogen and oxygen atoms in total. The van der Waals surface area contributed by atoms with E-state index in [0.717, 1.165) is 22.0 Å². The Morgan fingerprint density at radius 3 is 2.61 bits per heavy atom. The molecule has 0 radical (unpaired) electrons. The van der Waals surface area contributed by atoms with Crippen molar-refractivity contribution in [1.29, 1.82) is 0 Å². The van der Waals surface area contributed by atoms with Crippen molar-refractivity contribution in [2.45, 2.75) is 44.4 Å². The third kappa shape index (κ3) is 2.15. The molecule has 4 heteroatoms. The van der Waals surface area contributed by atoms with Gasteiger partial charge in [0.05, 0.1) is 12.2 Å². The SMILES string of the molecule is Cc1cc2c(c(=O)o1)C1COc3c(C)cc(C)c(C)c3C1CS2. The van der Waals surface area contributed by atoms with Gasteiger partial charge >= 0.3 is 5.63 Å². The molecule has 23 heavy (non-hydrogen) atoms. The van der Waals surface area contributed by atoms with Crippen LogP contribution in [-0.4, -0.2) is 12.4 Å². The smallest absolute Gasteiger partial charge is 0.340 e. The van der Waals surface area contributed by atoms with E-state index in [1.165, 1.54) is 22.3 Å². The average Bonchev–Trinajstić information content (AvgIpc) is 2.50. The molecule has 4 rings (SSSR count). The molecular weight excluding hydrogens is 308 g/mol. The molecule has 0 N–H and O–H groups in total. The van der Waals surface area contributed by atoms with Crippen LogP contribution in [0.25, 0.3) is 0 Å². The third-order valence-electron chi connectivity index (χ3n) is 5.16. The summed E-state index contributed by atoms with van der Waals surface area (Å²) in [6, 6.07) is 4.18. The topological polar surface area (TPSA) is 39.4 Å². The summed E-state index contributed by atoms with van der Waals surface area (Å²) in [5.41, 5.74) is 5.67. The molecule has 0 saturated heterocycles. The van der Waals surface area contributed by atoms with Gasteiger partial charge in [-0.15, -0.1) is 11.8 Å². The minimum Gasteiger partial charge on any atom is -0.492 e. The molecule has 2 aliphatic rings. The normalized spacial score (nSPS) is 21.9. The molecular formula is C19H20O3S. The molecule has 1 aromatic carbocycles. The predicted octanol–water partition coefficient (Wildman–Crippen LogP) is 4.24. The minimum absolute atomic E-state index is 0.0931. The summed E-state index contributed by atoms with van der Waals surface area (Å²) < 4.78 is 11.5. The van der Waals surface area contributed by atoms with E-state index < -0.39 is 0 Å². The quantitative estimate of drug-likeness (QED) is 0.725. The zero-order chi connectivity index (χ0) is 16.3. The van der Waals surface area contributed by atoms with E-state index in [9.17, 15) is 4.79 Å². The van der Waals surface area contributed by atoms with E-state index in [4.69, 9.17) is 9.15 Å². The highest BCUT2D eigenvalue weighted by atomic mass is 32.2. The highest BCUT2D eigenvalue weighted by molar-refractivity contribution is 7.99. The maximum atomic E-state index is 12.4. The van der Waals surface area contributed by atoms with Crippen LogP contribution in [0.2, 0.25) is 0 Å². The first-order valence-electron chi connectivity index (χ1n) is 7.98. The highest BCUT2D eigenvalue weighted by Gasteiger charge is 2.40. The lowest BCUT2D eigenvalue weighted by Crippen LogP contribution is -2.33. The molecule has 2 atom stereocenters. The fourth-order valence-corrected chi connectivity index (χ4v) is 5.33. The fourth-order valence-electron chi connectivity index (χ4n) is 3.93. The molecule has 3 heterocycles. The summed E-state index contributed by atoms with van der Waals surface area (Å²) in [7, 11) is 0. The largest absolute Gasteiger partial charge is 0.492 e. The Balaban J connectivity index is 1.91. The molecule has 0 saturated carbocycles. The van der Waals surface area contributed by atoms with Crippen LogP contribution in [0.5, 0.6) is 5.75 Å². The van der Waals surface area contributed by atoms with Crippen molar-refractivity contribution in [3.63, 3.8) is 0 Å². The lowest BCUT2D eigenvalue weighted by atomic mass is 9.78. The molecule has 2 aliphatic heterocycles. The van der Waals surface area contributed by atoms with Gasteiger partial charge in [0, 0.05) is 28.0 Å². The Morgan fingerprint density at radius 1 is 1.04 bits per heavy atom. The number of rotatable bonds is 0. The Morgan fingerprint density at radius 2 is 1.83 bits per heavy atom. The molecule has 0 spiro atoms. The summed E-state index contributed by atoms with van der Waals surface area (Å²) >= 11 is 1.77. The summed E-state index contributed by atoms with van der Waals surface area (Å²) in [6.07, 6.45) is 0. The number of fused-ring (bicyclic) bond motifs is 5. The van der Waals surface area contributed by atoms with Crippen molar-refractivity contribution in [1.82, 2.24) is 0 Å². The number of hydrogen-bond acceptors (Lipinski definition) is 4. The summed E-state index contributed by atoms with van der Waals surface area (Å²) in [5, 5.41) is 0. The molecule has 2 unspecified atom stereocenters. The molecule has 0 fully saturated rings. The number of ether oxygens (including phenoxy) is 1. The van der Waals surface area contributed by atoms with Gasteiger partial charge in [-0.25, -0.2) is 4.79 Å². The lowest BCUT2D eigenvalue weighted by Gasteiger charge is -2.39. The van der Waals surface area contributed by atoms with E-state index in [-0.39, 0.29) is 11.5 Å². The minimum atomic E-state index is -0.198. The van der Waals surface area contributed by atoms with Crippen LogP contribution in [0, 0.1) is 27.7 Å². The molecule has 120 valence electrons. The fraction of sp³-hybridized carbons (Fsp3) is 0.421. The van der Waals surface area contributed by atoms with Crippen LogP contribution < -0.4 is 10.4 Å². The molecule has 0 amide bonds. The van der Waals surface area contributed by atoms with Gasteiger partial charge < -0.3 is 9.15 Å².